The van der Waals surface area contributed by atoms with E-state index in [1.54, 1.807) is 30.3 Å². The van der Waals surface area contributed by atoms with Gasteiger partial charge in [-0.2, -0.15) is 10.1 Å². The molecule has 0 radical (unpaired) electrons. The van der Waals surface area contributed by atoms with Crippen LogP contribution in [0, 0.1) is 11.3 Å². The number of phenols is 1. The van der Waals surface area contributed by atoms with E-state index in [0.29, 0.717) is 11.1 Å². The Hall–Kier alpha value is -2.91. The van der Waals surface area contributed by atoms with Crippen LogP contribution in [0.25, 0.3) is 16.7 Å². The molecule has 3 rings (SSSR count). The number of aromatic hydroxyl groups is 1. The second kappa shape index (κ2) is 5.84. The monoisotopic (exact) mass is 293 g/mol. The van der Waals surface area contributed by atoms with Crippen molar-refractivity contribution in [2.75, 3.05) is 13.6 Å². The highest BCUT2D eigenvalue weighted by Gasteiger charge is 2.08. The molecule has 0 saturated heterocycles. The van der Waals surface area contributed by atoms with E-state index in [0.717, 1.165) is 29.7 Å². The van der Waals surface area contributed by atoms with Crippen molar-refractivity contribution >= 4 is 11.0 Å². The van der Waals surface area contributed by atoms with Crippen molar-refractivity contribution in [2.45, 2.75) is 6.42 Å². The summed E-state index contributed by atoms with van der Waals surface area (Å²) in [4.78, 5) is 1.52. The van der Waals surface area contributed by atoms with E-state index < -0.39 is 0 Å². The summed E-state index contributed by atoms with van der Waals surface area (Å²) in [5, 5.41) is 30.7. The molecule has 0 fully saturated rings. The third kappa shape index (κ3) is 2.62. The molecule has 0 aliphatic rings. The van der Waals surface area contributed by atoms with Crippen LogP contribution in [0.5, 0.6) is 5.75 Å². The highest BCUT2D eigenvalue weighted by Crippen LogP contribution is 2.21. The molecule has 2 aromatic carbocycles. The predicted molar refractivity (Wildman–Crippen MR) is 82.9 cm³/mol. The van der Waals surface area contributed by atoms with Crippen molar-refractivity contribution in [1.29, 1.82) is 5.26 Å². The van der Waals surface area contributed by atoms with Gasteiger partial charge in [0.05, 0.1) is 17.3 Å². The van der Waals surface area contributed by atoms with Crippen LogP contribution in [-0.2, 0) is 6.42 Å². The van der Waals surface area contributed by atoms with Gasteiger partial charge >= 0.3 is 0 Å². The summed E-state index contributed by atoms with van der Waals surface area (Å²) >= 11 is 0. The quantitative estimate of drug-likeness (QED) is 0.765. The van der Waals surface area contributed by atoms with Crippen molar-refractivity contribution in [3.8, 4) is 17.5 Å². The molecule has 0 bridgehead atoms. The van der Waals surface area contributed by atoms with Crippen molar-refractivity contribution < 1.29 is 5.11 Å². The van der Waals surface area contributed by atoms with E-state index in [-0.39, 0.29) is 5.75 Å². The van der Waals surface area contributed by atoms with E-state index in [2.05, 4.69) is 21.6 Å². The smallest absolute Gasteiger partial charge is 0.118 e. The number of rotatable bonds is 4. The summed E-state index contributed by atoms with van der Waals surface area (Å²) in [5.41, 5.74) is 3.57. The van der Waals surface area contributed by atoms with Crippen LogP contribution >= 0.6 is 0 Å². The van der Waals surface area contributed by atoms with Crippen molar-refractivity contribution in [1.82, 2.24) is 20.3 Å². The van der Waals surface area contributed by atoms with E-state index in [1.165, 1.54) is 4.80 Å². The standard InChI is InChI=1S/C16H15N5O/c1-18-7-6-12-9-13(3-5-16(12)22)21-19-14-4-2-11(10-17)8-15(14)20-21/h2-5,8-9,18,22H,6-7H2,1H3. The van der Waals surface area contributed by atoms with Crippen LogP contribution in [0.3, 0.4) is 0 Å². The number of nitrogens with zero attached hydrogens (tertiary/aromatic N) is 4. The molecule has 6 nitrogen and oxygen atoms in total. The normalized spacial score (nSPS) is 10.7. The molecule has 0 atom stereocenters. The summed E-state index contributed by atoms with van der Waals surface area (Å²) in [7, 11) is 1.87. The Morgan fingerprint density at radius 3 is 2.77 bits per heavy atom. The molecule has 1 aromatic heterocycles. The van der Waals surface area contributed by atoms with Gasteiger partial charge in [-0.3, -0.25) is 0 Å². The van der Waals surface area contributed by atoms with Gasteiger partial charge in [0.2, 0.25) is 0 Å². The van der Waals surface area contributed by atoms with Gasteiger partial charge in [-0.15, -0.1) is 10.2 Å². The first-order chi connectivity index (χ1) is 10.7. The number of aromatic nitrogens is 3. The summed E-state index contributed by atoms with van der Waals surface area (Å²) < 4.78 is 0. The molecule has 1 heterocycles. The SMILES string of the molecule is CNCCc1cc(-n2nc3ccc(C#N)cc3n2)ccc1O. The molecule has 22 heavy (non-hydrogen) atoms. The lowest BCUT2D eigenvalue weighted by Crippen LogP contribution is -2.10. The first-order valence-electron chi connectivity index (χ1n) is 6.95. The minimum atomic E-state index is 0.266. The zero-order chi connectivity index (χ0) is 15.5. The Kier molecular flexibility index (Phi) is 3.73. The maximum Gasteiger partial charge on any atom is 0.118 e. The Morgan fingerprint density at radius 2 is 2.00 bits per heavy atom. The molecule has 0 unspecified atom stereocenters. The zero-order valence-electron chi connectivity index (χ0n) is 12.1. The Labute approximate surface area is 127 Å². The molecule has 0 spiro atoms. The first kappa shape index (κ1) is 14.0. The average molecular weight is 293 g/mol. The lowest BCUT2D eigenvalue weighted by atomic mass is 10.1. The number of phenolic OH excluding ortho intramolecular Hbond substituents is 1. The largest absolute Gasteiger partial charge is 0.508 e. The topological polar surface area (TPSA) is 86.8 Å². The van der Waals surface area contributed by atoms with Gasteiger partial charge in [-0.1, -0.05) is 0 Å². The van der Waals surface area contributed by atoms with Gasteiger partial charge in [0.15, 0.2) is 0 Å². The molecular weight excluding hydrogens is 278 g/mol. The fraction of sp³-hybridized carbons (Fsp3) is 0.188. The fourth-order valence-corrected chi connectivity index (χ4v) is 2.26. The molecule has 3 aromatic rings. The minimum absolute atomic E-state index is 0.266. The molecule has 0 amide bonds. The summed E-state index contributed by atoms with van der Waals surface area (Å²) in [6.07, 6.45) is 0.718. The highest BCUT2D eigenvalue weighted by atomic mass is 16.3. The lowest BCUT2D eigenvalue weighted by Gasteiger charge is -2.06. The van der Waals surface area contributed by atoms with Crippen molar-refractivity contribution in [2.24, 2.45) is 0 Å². The Balaban J connectivity index is 2.01. The van der Waals surface area contributed by atoms with Gasteiger partial charge in [0.25, 0.3) is 0 Å². The molecule has 0 aliphatic carbocycles. The van der Waals surface area contributed by atoms with Crippen molar-refractivity contribution in [3.63, 3.8) is 0 Å². The maximum atomic E-state index is 9.90. The van der Waals surface area contributed by atoms with Gasteiger partial charge in [0, 0.05) is 0 Å². The molecular formula is C16H15N5O. The van der Waals surface area contributed by atoms with Crippen LogP contribution in [0.4, 0.5) is 0 Å². The zero-order valence-corrected chi connectivity index (χ0v) is 12.1. The number of nitriles is 1. The third-order valence-corrected chi connectivity index (χ3v) is 3.45. The van der Waals surface area contributed by atoms with Crippen LogP contribution in [0.1, 0.15) is 11.1 Å². The van der Waals surface area contributed by atoms with Gasteiger partial charge < -0.3 is 10.4 Å². The van der Waals surface area contributed by atoms with Gasteiger partial charge in [0.1, 0.15) is 16.8 Å². The second-order valence-electron chi connectivity index (χ2n) is 4.97. The van der Waals surface area contributed by atoms with E-state index in [9.17, 15) is 5.11 Å². The molecule has 110 valence electrons. The maximum absolute atomic E-state index is 9.90. The molecule has 2 N–H and O–H groups in total. The number of nitrogens with one attached hydrogen (secondary N) is 1. The number of hydrogen-bond acceptors (Lipinski definition) is 5. The summed E-state index contributed by atoms with van der Waals surface area (Å²) in [6, 6.07) is 12.6. The van der Waals surface area contributed by atoms with Crippen LogP contribution in [0.15, 0.2) is 36.4 Å². The third-order valence-electron chi connectivity index (χ3n) is 3.45. The van der Waals surface area contributed by atoms with Gasteiger partial charge in [-0.05, 0) is 62.0 Å². The van der Waals surface area contributed by atoms with Crippen LogP contribution in [0.2, 0.25) is 0 Å². The Bertz CT molecular complexity index is 863. The number of fused-ring (bicyclic) bond motifs is 1. The predicted octanol–water partition coefficient (Wildman–Crippen LogP) is 1.76. The molecule has 0 aliphatic heterocycles. The number of benzene rings is 2. The lowest BCUT2D eigenvalue weighted by molar-refractivity contribution is 0.467. The first-order valence-corrected chi connectivity index (χ1v) is 6.95. The Morgan fingerprint density at radius 1 is 1.18 bits per heavy atom. The van der Waals surface area contributed by atoms with E-state index in [1.807, 2.05) is 13.1 Å². The summed E-state index contributed by atoms with van der Waals surface area (Å²) in [5.74, 6) is 0.266. The molecule has 0 saturated carbocycles. The van der Waals surface area contributed by atoms with Crippen LogP contribution in [-0.4, -0.2) is 33.7 Å². The van der Waals surface area contributed by atoms with Crippen LogP contribution < -0.4 is 5.32 Å². The molecule has 6 heteroatoms. The number of hydrogen-bond donors (Lipinski definition) is 2. The van der Waals surface area contributed by atoms with E-state index in [4.69, 9.17) is 5.26 Å². The summed E-state index contributed by atoms with van der Waals surface area (Å²) in [6.45, 7) is 0.775. The average Bonchev–Trinajstić information content (AvgIpc) is 2.97. The number of likely N-dealkylation sites (N-methyl/N-ethyl adjacent to an activating group) is 1. The highest BCUT2D eigenvalue weighted by molar-refractivity contribution is 5.75. The van der Waals surface area contributed by atoms with Gasteiger partial charge in [-0.25, -0.2) is 0 Å². The van der Waals surface area contributed by atoms with E-state index >= 15 is 0 Å². The second-order valence-corrected chi connectivity index (χ2v) is 4.97. The van der Waals surface area contributed by atoms with Crippen molar-refractivity contribution in [3.05, 3.63) is 47.5 Å². The minimum Gasteiger partial charge on any atom is -0.508 e. The fourth-order valence-electron chi connectivity index (χ4n) is 2.26.